The molecule has 0 aliphatic rings. The summed E-state index contributed by atoms with van der Waals surface area (Å²) in [4.78, 5) is 18.4. The van der Waals surface area contributed by atoms with Crippen LogP contribution in [-0.2, 0) is 6.61 Å². The second-order valence-electron chi connectivity index (χ2n) is 9.14. The zero-order valence-electron chi connectivity index (χ0n) is 22.2. The van der Waals surface area contributed by atoms with Crippen LogP contribution in [0.4, 0.5) is 0 Å². The molecule has 0 aliphatic carbocycles. The smallest absolute Gasteiger partial charge is 0.282 e. The number of hydrogen-bond donors (Lipinski definition) is 0. The van der Waals surface area contributed by atoms with Crippen LogP contribution in [0, 0.1) is 0 Å². The minimum Gasteiger partial charge on any atom is -0.493 e. The highest BCUT2D eigenvalue weighted by Gasteiger charge is 2.18. The van der Waals surface area contributed by atoms with Gasteiger partial charge in [-0.15, -0.1) is 0 Å². The fraction of sp³-hybridized carbons (Fsp3) is 0.0938. The summed E-state index contributed by atoms with van der Waals surface area (Å²) in [7, 11) is 3.11. The zero-order valence-corrected chi connectivity index (χ0v) is 23.8. The summed E-state index contributed by atoms with van der Waals surface area (Å²) in [5.41, 5.74) is 2.52. The maximum Gasteiger partial charge on any atom is 0.282 e. The zero-order chi connectivity index (χ0) is 28.3. The largest absolute Gasteiger partial charge is 0.493 e. The Hall–Kier alpha value is -4.89. The molecule has 9 heteroatoms. The molecular weight excluding hydrogens is 586 g/mol. The number of hydrogen-bond acceptors (Lipinski definition) is 7. The van der Waals surface area contributed by atoms with Crippen molar-refractivity contribution in [3.8, 4) is 28.8 Å². The molecule has 4 aromatic carbocycles. The Bertz CT molecular complexity index is 1940. The number of furan rings is 1. The number of rotatable bonds is 8. The predicted octanol–water partition coefficient (Wildman–Crippen LogP) is 7.05. The fourth-order valence-corrected chi connectivity index (χ4v) is 4.86. The SMILES string of the molecule is COc1cc(C=Nn2c(-c3cc4cc(Br)ccc4o3)nc3ccccc3c2=O)cc(OC)c1OCc1ccccc1. The van der Waals surface area contributed by atoms with Crippen molar-refractivity contribution in [3.05, 3.63) is 117 Å². The van der Waals surface area contributed by atoms with Gasteiger partial charge in [-0.2, -0.15) is 9.78 Å². The quantitative estimate of drug-likeness (QED) is 0.172. The topological polar surface area (TPSA) is 88.1 Å². The Morgan fingerprint density at radius 2 is 1.66 bits per heavy atom. The van der Waals surface area contributed by atoms with Crippen LogP contribution < -0.4 is 19.8 Å². The summed E-state index contributed by atoms with van der Waals surface area (Å²) in [5, 5.41) is 5.87. The van der Waals surface area contributed by atoms with Crippen LogP contribution in [0.15, 0.2) is 110 Å². The van der Waals surface area contributed by atoms with E-state index in [0.29, 0.717) is 51.7 Å². The molecule has 2 heterocycles. The van der Waals surface area contributed by atoms with E-state index in [1.807, 2.05) is 60.7 Å². The normalized spacial score (nSPS) is 11.4. The fourth-order valence-electron chi connectivity index (χ4n) is 4.49. The van der Waals surface area contributed by atoms with Gasteiger partial charge in [0.05, 0.1) is 31.3 Å². The lowest BCUT2D eigenvalue weighted by molar-refractivity contribution is 0.266. The van der Waals surface area contributed by atoms with Crippen molar-refractivity contribution in [1.82, 2.24) is 9.66 Å². The summed E-state index contributed by atoms with van der Waals surface area (Å²) in [6.45, 7) is 0.344. The first-order valence-electron chi connectivity index (χ1n) is 12.7. The molecule has 6 aromatic rings. The molecule has 0 saturated carbocycles. The van der Waals surface area contributed by atoms with Crippen molar-refractivity contribution in [2.24, 2.45) is 5.10 Å². The molecule has 8 nitrogen and oxygen atoms in total. The van der Waals surface area contributed by atoms with Gasteiger partial charge in [-0.05, 0) is 54.1 Å². The molecule has 0 atom stereocenters. The highest BCUT2D eigenvalue weighted by Crippen LogP contribution is 2.39. The Kier molecular flexibility index (Phi) is 7.26. The molecule has 0 amide bonds. The Morgan fingerprint density at radius 1 is 0.927 bits per heavy atom. The third-order valence-electron chi connectivity index (χ3n) is 6.48. The number of aromatic nitrogens is 2. The van der Waals surface area contributed by atoms with Gasteiger partial charge >= 0.3 is 0 Å². The van der Waals surface area contributed by atoms with Crippen LogP contribution >= 0.6 is 15.9 Å². The molecule has 0 bridgehead atoms. The molecular formula is C32H24BrN3O5. The van der Waals surface area contributed by atoms with Gasteiger partial charge < -0.3 is 18.6 Å². The van der Waals surface area contributed by atoms with E-state index in [0.717, 1.165) is 15.4 Å². The van der Waals surface area contributed by atoms with Crippen LogP contribution in [-0.4, -0.2) is 30.1 Å². The number of nitrogens with zero attached hydrogens (tertiary/aromatic N) is 3. The summed E-state index contributed by atoms with van der Waals surface area (Å²) in [5.74, 6) is 2.09. The maximum atomic E-state index is 13.6. The molecule has 0 aliphatic heterocycles. The average molecular weight is 610 g/mol. The van der Waals surface area contributed by atoms with Crippen LogP contribution in [0.5, 0.6) is 17.2 Å². The van der Waals surface area contributed by atoms with E-state index in [1.165, 1.54) is 4.68 Å². The average Bonchev–Trinajstić information content (AvgIpc) is 3.43. The van der Waals surface area contributed by atoms with E-state index < -0.39 is 0 Å². The van der Waals surface area contributed by atoms with Crippen molar-refractivity contribution in [2.45, 2.75) is 6.61 Å². The molecule has 2 aromatic heterocycles. The number of methoxy groups -OCH3 is 2. The van der Waals surface area contributed by atoms with Crippen molar-refractivity contribution in [1.29, 1.82) is 0 Å². The molecule has 0 unspecified atom stereocenters. The predicted molar refractivity (Wildman–Crippen MR) is 162 cm³/mol. The summed E-state index contributed by atoms with van der Waals surface area (Å²) in [6.07, 6.45) is 1.55. The first kappa shape index (κ1) is 26.3. The first-order valence-corrected chi connectivity index (χ1v) is 13.5. The van der Waals surface area contributed by atoms with Gasteiger partial charge in [0.15, 0.2) is 17.3 Å². The highest BCUT2D eigenvalue weighted by atomic mass is 79.9. The molecule has 0 fully saturated rings. The molecule has 0 radical (unpaired) electrons. The van der Waals surface area contributed by atoms with Crippen molar-refractivity contribution < 1.29 is 18.6 Å². The Labute approximate surface area is 243 Å². The van der Waals surface area contributed by atoms with E-state index in [1.54, 1.807) is 50.8 Å². The van der Waals surface area contributed by atoms with Gasteiger partial charge in [0.25, 0.3) is 5.56 Å². The van der Waals surface area contributed by atoms with E-state index in [9.17, 15) is 4.79 Å². The first-order chi connectivity index (χ1) is 20.0. The lowest BCUT2D eigenvalue weighted by Gasteiger charge is -2.15. The van der Waals surface area contributed by atoms with Gasteiger partial charge in [0.1, 0.15) is 12.2 Å². The van der Waals surface area contributed by atoms with Crippen LogP contribution in [0.2, 0.25) is 0 Å². The van der Waals surface area contributed by atoms with Crippen molar-refractivity contribution >= 4 is 44.0 Å². The molecule has 6 rings (SSSR count). The van der Waals surface area contributed by atoms with Crippen molar-refractivity contribution in [3.63, 3.8) is 0 Å². The second-order valence-corrected chi connectivity index (χ2v) is 10.1. The van der Waals surface area contributed by atoms with E-state index in [2.05, 4.69) is 21.0 Å². The second kappa shape index (κ2) is 11.3. The Morgan fingerprint density at radius 3 is 2.41 bits per heavy atom. The van der Waals surface area contributed by atoms with Gasteiger partial charge in [-0.25, -0.2) is 4.98 Å². The minimum atomic E-state index is -0.328. The maximum absolute atomic E-state index is 13.6. The van der Waals surface area contributed by atoms with Gasteiger partial charge in [0, 0.05) is 15.4 Å². The number of para-hydroxylation sites is 1. The summed E-state index contributed by atoms with van der Waals surface area (Å²) >= 11 is 3.49. The lowest BCUT2D eigenvalue weighted by atomic mass is 10.2. The monoisotopic (exact) mass is 609 g/mol. The number of fused-ring (bicyclic) bond motifs is 2. The van der Waals surface area contributed by atoms with Gasteiger partial charge in [-0.3, -0.25) is 4.79 Å². The number of benzene rings is 4. The van der Waals surface area contributed by atoms with Crippen LogP contribution in [0.3, 0.4) is 0 Å². The highest BCUT2D eigenvalue weighted by molar-refractivity contribution is 9.10. The number of halogens is 1. The van der Waals surface area contributed by atoms with E-state index in [4.69, 9.17) is 23.6 Å². The third kappa shape index (κ3) is 5.31. The van der Waals surface area contributed by atoms with Crippen LogP contribution in [0.1, 0.15) is 11.1 Å². The van der Waals surface area contributed by atoms with E-state index in [-0.39, 0.29) is 11.4 Å². The van der Waals surface area contributed by atoms with Gasteiger partial charge in [-0.1, -0.05) is 58.4 Å². The molecule has 0 saturated heterocycles. The minimum absolute atomic E-state index is 0.277. The number of ether oxygens (including phenoxy) is 3. The molecule has 0 N–H and O–H groups in total. The lowest BCUT2D eigenvalue weighted by Crippen LogP contribution is -2.20. The molecule has 0 spiro atoms. The summed E-state index contributed by atoms with van der Waals surface area (Å²) in [6, 6.07) is 28.0. The molecule has 204 valence electrons. The Balaban J connectivity index is 1.42. The molecule has 41 heavy (non-hydrogen) atoms. The summed E-state index contributed by atoms with van der Waals surface area (Å²) < 4.78 is 25.5. The van der Waals surface area contributed by atoms with E-state index >= 15 is 0 Å². The van der Waals surface area contributed by atoms with Crippen molar-refractivity contribution in [2.75, 3.05) is 14.2 Å². The third-order valence-corrected chi connectivity index (χ3v) is 6.98. The van der Waals surface area contributed by atoms with Gasteiger partial charge in [0.2, 0.25) is 11.6 Å². The van der Waals surface area contributed by atoms with Crippen LogP contribution in [0.25, 0.3) is 33.5 Å². The standard InChI is InChI=1S/C32H24BrN3O5/c1-38-27-14-21(15-28(39-2)30(27)40-19-20-8-4-3-5-9-20)18-34-36-31(35-25-11-7-6-10-24(25)32(36)37)29-17-22-16-23(33)12-13-26(22)41-29/h3-18H,19H2,1-2H3.